The van der Waals surface area contributed by atoms with Gasteiger partial charge in [-0.05, 0) is 75.9 Å². The monoisotopic (exact) mass is 565 g/mol. The molecule has 0 aliphatic carbocycles. The van der Waals surface area contributed by atoms with E-state index in [1.54, 1.807) is 4.90 Å². The molecule has 3 saturated heterocycles. The van der Waals surface area contributed by atoms with Crippen LogP contribution in [0.4, 0.5) is 18.0 Å². The molecule has 208 valence electrons. The van der Waals surface area contributed by atoms with Crippen molar-refractivity contribution in [1.82, 2.24) is 14.1 Å². The molecule has 0 spiro atoms. The fraction of sp³-hybridized carbons (Fsp3) is 0.720. The highest BCUT2D eigenvalue weighted by molar-refractivity contribution is 7.89. The van der Waals surface area contributed by atoms with Crippen molar-refractivity contribution in [2.75, 3.05) is 32.8 Å². The van der Waals surface area contributed by atoms with E-state index in [0.717, 1.165) is 30.2 Å². The van der Waals surface area contributed by atoms with Crippen LogP contribution >= 0.6 is 11.6 Å². The van der Waals surface area contributed by atoms with Crippen molar-refractivity contribution in [3.05, 3.63) is 29.3 Å². The van der Waals surface area contributed by atoms with Gasteiger partial charge in [0.05, 0.1) is 17.4 Å². The van der Waals surface area contributed by atoms with E-state index in [1.807, 2.05) is 0 Å². The average molecular weight is 566 g/mol. The molecule has 0 bridgehead atoms. The summed E-state index contributed by atoms with van der Waals surface area (Å²) in [5.74, 6) is 0. The van der Waals surface area contributed by atoms with Gasteiger partial charge in [-0.2, -0.15) is 17.5 Å². The fourth-order valence-corrected chi connectivity index (χ4v) is 7.82. The number of nitrogens with zero attached hydrogens (tertiary/aromatic N) is 3. The maximum atomic E-state index is 13.5. The van der Waals surface area contributed by atoms with Crippen molar-refractivity contribution in [1.29, 1.82) is 0 Å². The molecular weight excluding hydrogens is 531 g/mol. The van der Waals surface area contributed by atoms with Gasteiger partial charge in [0.25, 0.3) is 0 Å². The zero-order valence-corrected chi connectivity index (χ0v) is 22.4. The van der Waals surface area contributed by atoms with Crippen molar-refractivity contribution < 1.29 is 31.1 Å². The van der Waals surface area contributed by atoms with Crippen LogP contribution in [0.2, 0.25) is 5.02 Å². The van der Waals surface area contributed by atoms with Gasteiger partial charge in [-0.15, -0.1) is 0 Å². The Hall–Kier alpha value is -1.56. The number of benzene rings is 1. The van der Waals surface area contributed by atoms with Crippen molar-refractivity contribution in [3.63, 3.8) is 0 Å². The van der Waals surface area contributed by atoms with Crippen molar-refractivity contribution >= 4 is 27.7 Å². The normalized spacial score (nSPS) is 25.2. The van der Waals surface area contributed by atoms with Crippen molar-refractivity contribution in [3.8, 4) is 0 Å². The second-order valence-electron chi connectivity index (χ2n) is 10.2. The number of carbonyl (C=O) groups is 1. The fourth-order valence-electron chi connectivity index (χ4n) is 5.83. The molecule has 0 saturated carbocycles. The number of sulfonamides is 1. The zero-order valence-electron chi connectivity index (χ0n) is 20.8. The Kier molecular flexibility index (Phi) is 9.30. The number of hydrogen-bond acceptors (Lipinski definition) is 5. The van der Waals surface area contributed by atoms with Crippen LogP contribution in [0.15, 0.2) is 29.2 Å². The highest BCUT2D eigenvalue weighted by Gasteiger charge is 2.45. The first-order chi connectivity index (χ1) is 17.5. The minimum atomic E-state index is -4.53. The summed E-state index contributed by atoms with van der Waals surface area (Å²) >= 11 is 5.88. The van der Waals surface area contributed by atoms with E-state index in [4.69, 9.17) is 16.3 Å². The summed E-state index contributed by atoms with van der Waals surface area (Å²) in [5.41, 5.74) is 0. The lowest BCUT2D eigenvalue weighted by atomic mass is 9.96. The van der Waals surface area contributed by atoms with Crippen LogP contribution in [0.25, 0.3) is 0 Å². The largest absolute Gasteiger partial charge is 0.448 e. The predicted octanol–water partition coefficient (Wildman–Crippen LogP) is 5.29. The highest BCUT2D eigenvalue weighted by atomic mass is 35.5. The van der Waals surface area contributed by atoms with E-state index in [0.29, 0.717) is 37.0 Å². The summed E-state index contributed by atoms with van der Waals surface area (Å²) in [6.07, 6.45) is -0.154. The summed E-state index contributed by atoms with van der Waals surface area (Å²) in [7, 11) is -4.28. The molecule has 3 fully saturated rings. The van der Waals surface area contributed by atoms with Gasteiger partial charge in [0.2, 0.25) is 10.0 Å². The summed E-state index contributed by atoms with van der Waals surface area (Å²) in [6, 6.07) is 3.65. The SMILES string of the molecule is O=C(OC[C@H]1CCC[C@@H](CC(F)(F)F)N1S(=O)(=O)c1ccc(Cl)cc1)N1CCC(N2CCCCC2)CC1. The average Bonchev–Trinajstić information content (AvgIpc) is 2.87. The number of piperidine rings is 3. The molecule has 4 rings (SSSR count). The van der Waals surface area contributed by atoms with Crippen LogP contribution in [0, 0.1) is 0 Å². The minimum Gasteiger partial charge on any atom is -0.448 e. The van der Waals surface area contributed by atoms with E-state index in [1.165, 1.54) is 43.5 Å². The molecule has 3 heterocycles. The Balaban J connectivity index is 1.42. The molecule has 3 aliphatic rings. The Morgan fingerprint density at radius 2 is 1.54 bits per heavy atom. The molecule has 2 atom stereocenters. The Labute approximate surface area is 221 Å². The summed E-state index contributed by atoms with van der Waals surface area (Å²) < 4.78 is 73.6. The van der Waals surface area contributed by atoms with E-state index < -0.39 is 40.8 Å². The highest BCUT2D eigenvalue weighted by Crippen LogP contribution is 2.36. The van der Waals surface area contributed by atoms with Crippen LogP contribution in [-0.4, -0.2) is 85.7 Å². The van der Waals surface area contributed by atoms with Gasteiger partial charge in [-0.3, -0.25) is 0 Å². The van der Waals surface area contributed by atoms with Gasteiger partial charge in [-0.1, -0.05) is 24.4 Å². The van der Waals surface area contributed by atoms with Gasteiger partial charge < -0.3 is 14.5 Å². The number of carbonyl (C=O) groups excluding carboxylic acids is 1. The second-order valence-corrected chi connectivity index (χ2v) is 12.5. The molecule has 1 amide bonds. The van der Waals surface area contributed by atoms with Crippen molar-refractivity contribution in [2.45, 2.75) is 87.0 Å². The molecule has 0 unspecified atom stereocenters. The zero-order chi connectivity index (χ0) is 26.6. The number of ether oxygens (including phenoxy) is 1. The van der Waals surface area contributed by atoms with E-state index >= 15 is 0 Å². The van der Waals surface area contributed by atoms with E-state index in [9.17, 15) is 26.4 Å². The summed E-state index contributed by atoms with van der Waals surface area (Å²) in [4.78, 5) is 16.8. The van der Waals surface area contributed by atoms with E-state index in [2.05, 4.69) is 4.90 Å². The van der Waals surface area contributed by atoms with Gasteiger partial charge in [0.15, 0.2) is 0 Å². The first kappa shape index (κ1) is 28.4. The predicted molar refractivity (Wildman–Crippen MR) is 134 cm³/mol. The van der Waals surface area contributed by atoms with Gasteiger partial charge in [-0.25, -0.2) is 13.2 Å². The van der Waals surface area contributed by atoms with Crippen LogP contribution in [0.1, 0.15) is 57.8 Å². The lowest BCUT2D eigenvalue weighted by Crippen LogP contribution is -2.53. The Bertz CT molecular complexity index is 1010. The smallest absolute Gasteiger partial charge is 0.409 e. The van der Waals surface area contributed by atoms with Crippen LogP contribution in [0.3, 0.4) is 0 Å². The van der Waals surface area contributed by atoms with Crippen LogP contribution in [0.5, 0.6) is 0 Å². The topological polar surface area (TPSA) is 70.2 Å². The summed E-state index contributed by atoms with van der Waals surface area (Å²) in [6.45, 7) is 3.00. The quantitative estimate of drug-likeness (QED) is 0.469. The molecule has 3 aliphatic heterocycles. The van der Waals surface area contributed by atoms with Gasteiger partial charge in [0.1, 0.15) is 6.61 Å². The molecule has 0 aromatic heterocycles. The van der Waals surface area contributed by atoms with Gasteiger partial charge >= 0.3 is 12.3 Å². The number of hydrogen-bond donors (Lipinski definition) is 0. The van der Waals surface area contributed by atoms with Crippen LogP contribution < -0.4 is 0 Å². The number of likely N-dealkylation sites (tertiary alicyclic amines) is 2. The van der Waals surface area contributed by atoms with Crippen LogP contribution in [-0.2, 0) is 14.8 Å². The first-order valence-corrected chi connectivity index (χ1v) is 14.9. The third-order valence-corrected chi connectivity index (χ3v) is 9.95. The molecule has 1 aromatic carbocycles. The number of alkyl halides is 3. The van der Waals surface area contributed by atoms with E-state index in [-0.39, 0.29) is 17.9 Å². The second kappa shape index (κ2) is 12.1. The molecule has 37 heavy (non-hydrogen) atoms. The first-order valence-electron chi connectivity index (χ1n) is 13.1. The molecule has 0 radical (unpaired) electrons. The lowest BCUT2D eigenvalue weighted by Gasteiger charge is -2.42. The third kappa shape index (κ3) is 7.30. The Morgan fingerprint density at radius 3 is 2.16 bits per heavy atom. The molecule has 1 aromatic rings. The molecule has 0 N–H and O–H groups in total. The maximum Gasteiger partial charge on any atom is 0.409 e. The standard InChI is InChI=1S/C25H35ClF3N3O4S/c26-19-7-9-23(10-8-19)37(34,35)32-21(17-25(27,28)29)5-4-6-22(32)18-36-24(33)31-15-11-20(12-16-31)30-13-2-1-3-14-30/h7-10,20-22H,1-6,11-18H2/t21-,22+/m0/s1. The Morgan fingerprint density at radius 1 is 0.919 bits per heavy atom. The van der Waals surface area contributed by atoms with Gasteiger partial charge in [0, 0.05) is 30.2 Å². The molecule has 7 nitrogen and oxygen atoms in total. The van der Waals surface area contributed by atoms with Crippen molar-refractivity contribution in [2.24, 2.45) is 0 Å². The number of halogens is 4. The maximum absolute atomic E-state index is 13.5. The summed E-state index contributed by atoms with van der Waals surface area (Å²) in [5, 5.41) is 0.318. The molecular formula is C25H35ClF3N3O4S. The minimum absolute atomic E-state index is 0.0841. The third-order valence-electron chi connectivity index (χ3n) is 7.68. The number of amides is 1. The molecule has 12 heteroatoms. The lowest BCUT2D eigenvalue weighted by molar-refractivity contribution is -0.147. The number of rotatable bonds is 6.